The number of rotatable bonds is 0. The first-order valence-corrected chi connectivity index (χ1v) is 4.57. The van der Waals surface area contributed by atoms with Gasteiger partial charge in [0.1, 0.15) is 0 Å². The Bertz CT molecular complexity index is 96.3. The second kappa shape index (κ2) is 2.48. The van der Waals surface area contributed by atoms with Crippen LogP contribution in [0.5, 0.6) is 0 Å². The number of thiol groups is 2. The summed E-state index contributed by atoms with van der Waals surface area (Å²) in [5.74, 6) is 0. The summed E-state index contributed by atoms with van der Waals surface area (Å²) < 4.78 is 3.87. The number of hydrogen-bond donors (Lipinski definition) is 3. The third kappa shape index (κ3) is 1.42. The van der Waals surface area contributed by atoms with E-state index in [0.717, 1.165) is 9.27 Å². The molecule has 0 bridgehead atoms. The Hall–Kier alpha value is 0.940. The van der Waals surface area contributed by atoms with E-state index in [1.807, 2.05) is 0 Å². The molecule has 0 fully saturated rings. The fraction of sp³-hybridized carbons (Fsp3) is 0. The van der Waals surface area contributed by atoms with Gasteiger partial charge < -0.3 is 4.72 Å². The third-order valence-corrected chi connectivity index (χ3v) is 3.88. The van der Waals surface area contributed by atoms with E-state index < -0.39 is 0 Å². The summed E-state index contributed by atoms with van der Waals surface area (Å²) >= 11 is 8.11. The van der Waals surface area contributed by atoms with E-state index in [1.165, 1.54) is 11.0 Å². The first kappa shape index (κ1) is 6.07. The van der Waals surface area contributed by atoms with Gasteiger partial charge in [0, 0.05) is 11.0 Å². The Kier molecular flexibility index (Phi) is 2.15. The fourth-order valence-electron chi connectivity index (χ4n) is 0.183. The Morgan fingerprint density at radius 1 is 1.43 bits per heavy atom. The van der Waals surface area contributed by atoms with Crippen LogP contribution in [-0.2, 0) is 0 Å². The molecule has 0 atom stereocenters. The van der Waals surface area contributed by atoms with Gasteiger partial charge in [-0.1, -0.05) is 0 Å². The van der Waals surface area contributed by atoms with Crippen molar-refractivity contribution in [2.45, 2.75) is 0 Å². The van der Waals surface area contributed by atoms with Crippen molar-refractivity contribution in [1.29, 1.82) is 0 Å². The van der Waals surface area contributed by atoms with Crippen LogP contribution < -0.4 is 4.72 Å². The summed E-state index contributed by atoms with van der Waals surface area (Å²) in [6, 6.07) is 0. The van der Waals surface area contributed by atoms with Gasteiger partial charge in [-0.15, -0.1) is 25.3 Å². The lowest BCUT2D eigenvalue weighted by molar-refractivity contribution is 1.42. The molecule has 0 saturated heterocycles. The van der Waals surface area contributed by atoms with Gasteiger partial charge in [-0.3, -0.25) is 0 Å². The van der Waals surface area contributed by atoms with Gasteiger partial charge in [0.05, 0.1) is 9.27 Å². The fourth-order valence-corrected chi connectivity index (χ4v) is 2.65. The maximum absolute atomic E-state index is 4.07. The molecule has 1 aliphatic heterocycles. The number of nitrogens with one attached hydrogen (secondary N) is 1. The zero-order valence-electron chi connectivity index (χ0n) is 3.21. The summed E-state index contributed by atoms with van der Waals surface area (Å²) in [6.45, 7) is 0. The van der Waals surface area contributed by atoms with Crippen LogP contribution in [0.25, 0.3) is 0 Å². The third-order valence-electron chi connectivity index (χ3n) is 0.462. The molecular weight excluding hydrogens is 166 g/mol. The lowest BCUT2D eigenvalue weighted by Crippen LogP contribution is -1.87. The minimum atomic E-state index is 0.860. The molecule has 0 unspecified atom stereocenters. The molecule has 0 aromatic carbocycles. The SMILES string of the molecule is SC1=C(S)SSN1. The molecule has 0 amide bonds. The monoisotopic (exact) mass is 169 g/mol. The lowest BCUT2D eigenvalue weighted by atomic mass is 11.0. The van der Waals surface area contributed by atoms with Gasteiger partial charge in [0.15, 0.2) is 0 Å². The second-order valence-electron chi connectivity index (χ2n) is 0.922. The summed E-state index contributed by atoms with van der Waals surface area (Å²) in [7, 11) is 3.11. The van der Waals surface area contributed by atoms with Crippen LogP contribution >= 0.6 is 47.0 Å². The molecule has 1 N–H and O–H groups in total. The van der Waals surface area contributed by atoms with Crippen molar-refractivity contribution < 1.29 is 0 Å². The Labute approximate surface area is 61.1 Å². The molecule has 40 valence electrons. The zero-order valence-corrected chi connectivity index (χ0v) is 6.63. The molecule has 0 saturated carbocycles. The average Bonchev–Trinajstić information content (AvgIpc) is 1.91. The van der Waals surface area contributed by atoms with E-state index in [4.69, 9.17) is 0 Å². The van der Waals surface area contributed by atoms with E-state index in [2.05, 4.69) is 30.0 Å². The molecule has 1 aliphatic rings. The van der Waals surface area contributed by atoms with Gasteiger partial charge >= 0.3 is 0 Å². The first-order chi connectivity index (χ1) is 3.30. The van der Waals surface area contributed by atoms with E-state index in [1.54, 1.807) is 10.8 Å². The van der Waals surface area contributed by atoms with E-state index in [0.29, 0.717) is 0 Å². The highest BCUT2D eigenvalue weighted by Crippen LogP contribution is 2.40. The standard InChI is InChI=1S/C2H3NS4/c4-1-2(5)6-7-3-1/h3-5H. The highest BCUT2D eigenvalue weighted by molar-refractivity contribution is 8.79. The molecule has 1 heterocycles. The van der Waals surface area contributed by atoms with Gasteiger partial charge in [0.25, 0.3) is 0 Å². The van der Waals surface area contributed by atoms with Gasteiger partial charge in [-0.25, -0.2) is 0 Å². The van der Waals surface area contributed by atoms with Crippen LogP contribution in [0.1, 0.15) is 0 Å². The molecule has 0 aromatic heterocycles. The number of hydrogen-bond acceptors (Lipinski definition) is 5. The van der Waals surface area contributed by atoms with Gasteiger partial charge in [0.2, 0.25) is 0 Å². The molecule has 1 rings (SSSR count). The van der Waals surface area contributed by atoms with E-state index in [-0.39, 0.29) is 0 Å². The lowest BCUT2D eigenvalue weighted by Gasteiger charge is -1.85. The topological polar surface area (TPSA) is 12.0 Å². The van der Waals surface area contributed by atoms with Crippen molar-refractivity contribution in [2.24, 2.45) is 0 Å². The molecule has 0 aromatic rings. The molecule has 5 heteroatoms. The van der Waals surface area contributed by atoms with Crippen molar-refractivity contribution in [1.82, 2.24) is 4.72 Å². The van der Waals surface area contributed by atoms with E-state index in [9.17, 15) is 0 Å². The predicted octanol–water partition coefficient (Wildman–Crippen LogP) is 1.87. The molecule has 1 nitrogen and oxygen atoms in total. The van der Waals surface area contributed by atoms with Crippen molar-refractivity contribution in [2.75, 3.05) is 0 Å². The molecule has 7 heavy (non-hydrogen) atoms. The van der Waals surface area contributed by atoms with Crippen LogP contribution in [0, 0.1) is 0 Å². The zero-order chi connectivity index (χ0) is 5.28. The smallest absolute Gasteiger partial charge is 0.0966 e. The average molecular weight is 169 g/mol. The quantitative estimate of drug-likeness (QED) is 0.291. The van der Waals surface area contributed by atoms with Crippen molar-refractivity contribution in [3.63, 3.8) is 0 Å². The normalized spacial score (nSPS) is 20.3. The first-order valence-electron chi connectivity index (χ1n) is 1.52. The minimum Gasteiger partial charge on any atom is -0.314 e. The van der Waals surface area contributed by atoms with Crippen LogP contribution in [0.15, 0.2) is 9.27 Å². The van der Waals surface area contributed by atoms with Crippen LogP contribution in [0.3, 0.4) is 0 Å². The summed E-state index contributed by atoms with van der Waals surface area (Å²) in [5, 5.41) is 0.860. The summed E-state index contributed by atoms with van der Waals surface area (Å²) in [4.78, 5) is 0. The molecular formula is C2H3NS4. The second-order valence-corrected chi connectivity index (χ2v) is 4.07. The molecule has 0 radical (unpaired) electrons. The van der Waals surface area contributed by atoms with Crippen LogP contribution in [-0.4, -0.2) is 0 Å². The van der Waals surface area contributed by atoms with Crippen LogP contribution in [0.4, 0.5) is 0 Å². The summed E-state index contributed by atoms with van der Waals surface area (Å²) in [5.41, 5.74) is 0. The maximum atomic E-state index is 4.07. The Morgan fingerprint density at radius 3 is 2.29 bits per heavy atom. The Balaban J connectivity index is 2.64. The maximum Gasteiger partial charge on any atom is 0.0966 e. The predicted molar refractivity (Wildman–Crippen MR) is 43.3 cm³/mol. The van der Waals surface area contributed by atoms with Gasteiger partial charge in [-0.05, 0) is 10.8 Å². The van der Waals surface area contributed by atoms with Gasteiger partial charge in [-0.2, -0.15) is 0 Å². The van der Waals surface area contributed by atoms with E-state index >= 15 is 0 Å². The molecule has 0 spiro atoms. The summed E-state index contributed by atoms with van der Waals surface area (Å²) in [6.07, 6.45) is 0. The van der Waals surface area contributed by atoms with Crippen molar-refractivity contribution in [3.8, 4) is 0 Å². The molecule has 0 aliphatic carbocycles. The highest BCUT2D eigenvalue weighted by atomic mass is 33.1. The van der Waals surface area contributed by atoms with Crippen LogP contribution in [0.2, 0.25) is 0 Å². The van der Waals surface area contributed by atoms with Crippen molar-refractivity contribution >= 4 is 47.0 Å². The minimum absolute atomic E-state index is 0.860. The highest BCUT2D eigenvalue weighted by Gasteiger charge is 2.06. The van der Waals surface area contributed by atoms with Crippen molar-refractivity contribution in [3.05, 3.63) is 9.27 Å². The Morgan fingerprint density at radius 2 is 2.14 bits per heavy atom. The largest absolute Gasteiger partial charge is 0.314 e.